The summed E-state index contributed by atoms with van der Waals surface area (Å²) in [5, 5.41) is 22.2. The van der Waals surface area contributed by atoms with Crippen molar-refractivity contribution in [3.63, 3.8) is 0 Å². The molecule has 2 aromatic carbocycles. The molecule has 0 aliphatic carbocycles. The first-order valence-corrected chi connectivity index (χ1v) is 11.2. The number of anilines is 4. The molecule has 0 atom stereocenters. The lowest BCUT2D eigenvalue weighted by atomic mass is 10.2. The molecule has 0 radical (unpaired) electrons. The van der Waals surface area contributed by atoms with Crippen LogP contribution in [-0.2, 0) is 6.54 Å². The van der Waals surface area contributed by atoms with Gasteiger partial charge in [0.25, 0.3) is 5.69 Å². The maximum Gasteiger partial charge on any atom is 0.269 e. The van der Waals surface area contributed by atoms with Gasteiger partial charge in [0, 0.05) is 56.2 Å². The minimum absolute atomic E-state index is 0.0757. The predicted octanol–water partition coefficient (Wildman–Crippen LogP) is 3.75. The lowest BCUT2D eigenvalue weighted by Crippen LogP contribution is -2.44. The molecule has 0 bridgehead atoms. The summed E-state index contributed by atoms with van der Waals surface area (Å²) in [7, 11) is 2.15. The first-order valence-electron chi connectivity index (χ1n) is 11.2. The lowest BCUT2D eigenvalue weighted by Gasteiger charge is -2.34. The minimum Gasteiger partial charge on any atom is -0.369 e. The standard InChI is InChI=1S/C24H26N8O2/c1-29-11-13-30(14-12-29)20-7-5-19(6-8-20)27-24-26-17-22-9-10-23(31(22)28-24)25-16-18-3-2-4-21(15-18)32(33)34/h2-10,15,17,25H,11-14,16H2,1H3,(H,27,28). The molecule has 4 aromatic rings. The van der Waals surface area contributed by atoms with Crippen LogP contribution in [0.4, 0.5) is 28.8 Å². The first kappa shape index (κ1) is 21.7. The van der Waals surface area contributed by atoms with E-state index in [1.165, 1.54) is 11.8 Å². The van der Waals surface area contributed by atoms with Gasteiger partial charge < -0.3 is 20.4 Å². The van der Waals surface area contributed by atoms with E-state index in [1.54, 1.807) is 22.8 Å². The van der Waals surface area contributed by atoms with Gasteiger partial charge in [-0.2, -0.15) is 0 Å². The fraction of sp³-hybridized carbons (Fsp3) is 0.250. The van der Waals surface area contributed by atoms with E-state index in [9.17, 15) is 10.1 Å². The molecule has 2 N–H and O–H groups in total. The van der Waals surface area contributed by atoms with Gasteiger partial charge in [0.15, 0.2) is 0 Å². The van der Waals surface area contributed by atoms with E-state index in [0.29, 0.717) is 12.5 Å². The summed E-state index contributed by atoms with van der Waals surface area (Å²) in [4.78, 5) is 19.8. The summed E-state index contributed by atoms with van der Waals surface area (Å²) in [6.45, 7) is 4.64. The van der Waals surface area contributed by atoms with Gasteiger partial charge >= 0.3 is 0 Å². The van der Waals surface area contributed by atoms with Crippen LogP contribution in [0.5, 0.6) is 0 Å². The van der Waals surface area contributed by atoms with Gasteiger partial charge in [0.1, 0.15) is 5.82 Å². The number of nitrogens with zero attached hydrogens (tertiary/aromatic N) is 6. The number of nitro benzene ring substituents is 1. The Morgan fingerprint density at radius 1 is 1.03 bits per heavy atom. The highest BCUT2D eigenvalue weighted by Gasteiger charge is 2.14. The zero-order valence-electron chi connectivity index (χ0n) is 18.9. The minimum atomic E-state index is -0.390. The number of rotatable bonds is 7. The second-order valence-corrected chi connectivity index (χ2v) is 8.38. The molecule has 1 aliphatic heterocycles. The highest BCUT2D eigenvalue weighted by Crippen LogP contribution is 2.22. The van der Waals surface area contributed by atoms with Gasteiger partial charge in [-0.3, -0.25) is 10.1 Å². The highest BCUT2D eigenvalue weighted by molar-refractivity contribution is 5.61. The molecule has 1 saturated heterocycles. The van der Waals surface area contributed by atoms with E-state index >= 15 is 0 Å². The number of likely N-dealkylation sites (N-methyl/N-ethyl adjacent to an activating group) is 1. The second-order valence-electron chi connectivity index (χ2n) is 8.38. The summed E-state index contributed by atoms with van der Waals surface area (Å²) < 4.78 is 1.77. The molecule has 5 rings (SSSR count). The van der Waals surface area contributed by atoms with Crippen LogP contribution in [0.15, 0.2) is 66.9 Å². The van der Waals surface area contributed by atoms with Crippen LogP contribution in [0.25, 0.3) is 5.52 Å². The number of fused-ring (bicyclic) bond motifs is 1. The number of nitrogens with one attached hydrogen (secondary N) is 2. The fourth-order valence-corrected chi connectivity index (χ4v) is 4.01. The third kappa shape index (κ3) is 4.76. The smallest absolute Gasteiger partial charge is 0.269 e. The molecule has 0 saturated carbocycles. The molecule has 0 amide bonds. The van der Waals surface area contributed by atoms with Crippen molar-refractivity contribution in [3.05, 3.63) is 82.5 Å². The molecular formula is C24H26N8O2. The molecule has 34 heavy (non-hydrogen) atoms. The Morgan fingerprint density at radius 3 is 2.59 bits per heavy atom. The predicted molar refractivity (Wildman–Crippen MR) is 133 cm³/mol. The van der Waals surface area contributed by atoms with Crippen LogP contribution >= 0.6 is 0 Å². The molecule has 3 heterocycles. The van der Waals surface area contributed by atoms with Gasteiger partial charge in [-0.25, -0.2) is 9.50 Å². The Hall–Kier alpha value is -4.18. The number of nitro groups is 1. The van der Waals surface area contributed by atoms with E-state index in [2.05, 4.69) is 49.7 Å². The summed E-state index contributed by atoms with van der Waals surface area (Å²) >= 11 is 0. The molecule has 0 spiro atoms. The summed E-state index contributed by atoms with van der Waals surface area (Å²) in [6.07, 6.45) is 1.76. The molecule has 2 aromatic heterocycles. The van der Waals surface area contributed by atoms with E-state index in [-0.39, 0.29) is 10.6 Å². The third-order valence-corrected chi connectivity index (χ3v) is 5.99. The van der Waals surface area contributed by atoms with Gasteiger partial charge in [-0.15, -0.1) is 5.10 Å². The number of non-ortho nitro benzene ring substituents is 1. The fourth-order valence-electron chi connectivity index (χ4n) is 4.01. The Balaban J connectivity index is 1.27. The molecule has 0 unspecified atom stereocenters. The van der Waals surface area contributed by atoms with E-state index in [0.717, 1.165) is 48.8 Å². The monoisotopic (exact) mass is 458 g/mol. The maximum atomic E-state index is 11.0. The van der Waals surface area contributed by atoms with Crippen LogP contribution in [0.1, 0.15) is 5.56 Å². The van der Waals surface area contributed by atoms with Crippen molar-refractivity contribution in [2.75, 3.05) is 48.8 Å². The van der Waals surface area contributed by atoms with Crippen molar-refractivity contribution in [1.82, 2.24) is 19.5 Å². The van der Waals surface area contributed by atoms with Gasteiger partial charge in [-0.05, 0) is 49.0 Å². The van der Waals surface area contributed by atoms with Crippen molar-refractivity contribution >= 4 is 34.3 Å². The zero-order chi connectivity index (χ0) is 23.5. The average molecular weight is 459 g/mol. The normalized spacial score (nSPS) is 14.3. The molecule has 1 fully saturated rings. The van der Waals surface area contributed by atoms with Gasteiger partial charge in [0.2, 0.25) is 5.95 Å². The topological polar surface area (TPSA) is 104 Å². The molecule has 10 nitrogen and oxygen atoms in total. The van der Waals surface area contributed by atoms with Crippen molar-refractivity contribution in [3.8, 4) is 0 Å². The zero-order valence-corrected chi connectivity index (χ0v) is 18.9. The molecule has 174 valence electrons. The second kappa shape index (κ2) is 9.36. The van der Waals surface area contributed by atoms with Crippen LogP contribution in [0.2, 0.25) is 0 Å². The van der Waals surface area contributed by atoms with E-state index in [4.69, 9.17) is 0 Å². The molecule has 1 aliphatic rings. The largest absolute Gasteiger partial charge is 0.369 e. The SMILES string of the molecule is CN1CCN(c2ccc(Nc3ncc4ccc(NCc5cccc([N+](=O)[O-])c5)n4n3)cc2)CC1. The Kier molecular flexibility index (Phi) is 5.96. The van der Waals surface area contributed by atoms with Crippen molar-refractivity contribution in [2.45, 2.75) is 6.54 Å². The maximum absolute atomic E-state index is 11.0. The van der Waals surface area contributed by atoms with Crippen LogP contribution < -0.4 is 15.5 Å². The van der Waals surface area contributed by atoms with Crippen molar-refractivity contribution in [2.24, 2.45) is 0 Å². The highest BCUT2D eigenvalue weighted by atomic mass is 16.6. The number of hydrogen-bond donors (Lipinski definition) is 2. The first-order chi connectivity index (χ1) is 16.5. The number of hydrogen-bond acceptors (Lipinski definition) is 8. The van der Waals surface area contributed by atoms with Crippen molar-refractivity contribution in [1.29, 1.82) is 0 Å². The van der Waals surface area contributed by atoms with Crippen molar-refractivity contribution < 1.29 is 4.92 Å². The van der Waals surface area contributed by atoms with Crippen LogP contribution in [0.3, 0.4) is 0 Å². The summed E-state index contributed by atoms with van der Waals surface area (Å²) in [6, 6.07) is 18.7. The lowest BCUT2D eigenvalue weighted by molar-refractivity contribution is -0.384. The van der Waals surface area contributed by atoms with Crippen LogP contribution in [0, 0.1) is 10.1 Å². The summed E-state index contributed by atoms with van der Waals surface area (Å²) in [5.74, 6) is 1.26. The average Bonchev–Trinajstić information content (AvgIpc) is 3.26. The Bertz CT molecular complexity index is 1300. The van der Waals surface area contributed by atoms with E-state index < -0.39 is 0 Å². The molecule has 10 heteroatoms. The Morgan fingerprint density at radius 2 is 1.82 bits per heavy atom. The quantitative estimate of drug-likeness (QED) is 0.319. The van der Waals surface area contributed by atoms with E-state index in [1.807, 2.05) is 30.3 Å². The third-order valence-electron chi connectivity index (χ3n) is 5.99. The molecular weight excluding hydrogens is 432 g/mol. The number of benzene rings is 2. The number of piperazine rings is 1. The van der Waals surface area contributed by atoms with Crippen LogP contribution in [-0.4, -0.2) is 57.6 Å². The number of aromatic nitrogens is 3. The Labute approximate surface area is 197 Å². The summed E-state index contributed by atoms with van der Waals surface area (Å²) in [5.41, 5.74) is 3.87. The van der Waals surface area contributed by atoms with Gasteiger partial charge in [0.05, 0.1) is 16.6 Å². The van der Waals surface area contributed by atoms with Gasteiger partial charge in [-0.1, -0.05) is 12.1 Å².